The van der Waals surface area contributed by atoms with Crippen molar-refractivity contribution in [1.29, 1.82) is 0 Å². The van der Waals surface area contributed by atoms with Crippen LogP contribution in [0.15, 0.2) is 42.5 Å². The quantitative estimate of drug-likeness (QED) is 0.683. The first-order valence-corrected chi connectivity index (χ1v) is 8.32. The molecule has 0 bridgehead atoms. The lowest BCUT2D eigenvalue weighted by Crippen LogP contribution is -2.14. The summed E-state index contributed by atoms with van der Waals surface area (Å²) in [7, 11) is 0. The molecular weight excluding hydrogens is 284 g/mol. The van der Waals surface area contributed by atoms with Gasteiger partial charge in [0.25, 0.3) is 0 Å². The Balaban J connectivity index is 1.80. The lowest BCUT2D eigenvalue weighted by Gasteiger charge is -2.13. The van der Waals surface area contributed by atoms with Crippen LogP contribution in [0, 0.1) is 19.8 Å². The van der Waals surface area contributed by atoms with Gasteiger partial charge in [-0.1, -0.05) is 32.0 Å². The summed E-state index contributed by atoms with van der Waals surface area (Å²) in [6, 6.07) is 14.6. The molecule has 2 N–H and O–H groups in total. The van der Waals surface area contributed by atoms with E-state index >= 15 is 0 Å². The minimum Gasteiger partial charge on any atom is -0.493 e. The zero-order valence-electron chi connectivity index (χ0n) is 14.6. The molecule has 0 aliphatic carbocycles. The third-order valence-corrected chi connectivity index (χ3v) is 3.58. The molecule has 0 saturated carbocycles. The maximum absolute atomic E-state index is 5.76. The highest BCUT2D eigenvalue weighted by Gasteiger charge is 2.00. The second-order valence-corrected chi connectivity index (χ2v) is 6.40. The van der Waals surface area contributed by atoms with E-state index in [2.05, 4.69) is 68.7 Å². The average molecular weight is 312 g/mol. The molecule has 0 aromatic heterocycles. The predicted octanol–water partition coefficient (Wildman–Crippen LogP) is 4.86. The molecule has 0 spiro atoms. The fourth-order valence-electron chi connectivity index (χ4n) is 2.29. The molecule has 0 amide bonds. The van der Waals surface area contributed by atoms with Gasteiger partial charge in [0.2, 0.25) is 0 Å². The van der Waals surface area contributed by atoms with Crippen molar-refractivity contribution in [2.75, 3.05) is 30.3 Å². The van der Waals surface area contributed by atoms with E-state index in [0.29, 0.717) is 5.92 Å². The number of hydrogen-bond donors (Lipinski definition) is 2. The van der Waals surface area contributed by atoms with E-state index in [1.807, 2.05) is 12.1 Å². The monoisotopic (exact) mass is 312 g/mol. The van der Waals surface area contributed by atoms with Crippen molar-refractivity contribution in [1.82, 2.24) is 0 Å². The van der Waals surface area contributed by atoms with Crippen LogP contribution in [0.4, 0.5) is 11.4 Å². The van der Waals surface area contributed by atoms with Gasteiger partial charge in [-0.15, -0.1) is 0 Å². The minimum atomic E-state index is 0.536. The fourth-order valence-corrected chi connectivity index (χ4v) is 2.29. The van der Waals surface area contributed by atoms with Crippen molar-refractivity contribution in [2.24, 2.45) is 5.92 Å². The van der Waals surface area contributed by atoms with E-state index in [4.69, 9.17) is 4.74 Å². The molecule has 0 unspecified atom stereocenters. The summed E-state index contributed by atoms with van der Waals surface area (Å²) in [4.78, 5) is 0. The number of hydrogen-bond acceptors (Lipinski definition) is 3. The van der Waals surface area contributed by atoms with Gasteiger partial charge in [-0.2, -0.15) is 0 Å². The maximum Gasteiger partial charge on any atom is 0.121 e. The van der Waals surface area contributed by atoms with Crippen LogP contribution in [0.1, 0.15) is 25.0 Å². The maximum atomic E-state index is 5.76. The molecule has 0 fully saturated rings. The zero-order chi connectivity index (χ0) is 16.7. The molecule has 2 aromatic rings. The van der Waals surface area contributed by atoms with Crippen LogP contribution in [0.3, 0.4) is 0 Å². The van der Waals surface area contributed by atoms with Crippen molar-refractivity contribution in [3.05, 3.63) is 53.6 Å². The number of nitrogens with one attached hydrogen (secondary N) is 2. The fraction of sp³-hybridized carbons (Fsp3) is 0.400. The summed E-state index contributed by atoms with van der Waals surface area (Å²) in [5.74, 6) is 1.46. The Morgan fingerprint density at radius 3 is 2.52 bits per heavy atom. The van der Waals surface area contributed by atoms with Crippen molar-refractivity contribution >= 4 is 11.4 Å². The second kappa shape index (κ2) is 8.47. The first-order chi connectivity index (χ1) is 11.0. The SMILES string of the molecule is Cc1ccc(C)c(NCCNc2cccc(OCC(C)C)c2)c1. The largest absolute Gasteiger partial charge is 0.493 e. The average Bonchev–Trinajstić information content (AvgIpc) is 2.53. The van der Waals surface area contributed by atoms with Gasteiger partial charge in [0, 0.05) is 30.5 Å². The van der Waals surface area contributed by atoms with Gasteiger partial charge in [-0.25, -0.2) is 0 Å². The van der Waals surface area contributed by atoms with Crippen molar-refractivity contribution < 1.29 is 4.74 Å². The van der Waals surface area contributed by atoms with Gasteiger partial charge in [0.05, 0.1) is 6.61 Å². The second-order valence-electron chi connectivity index (χ2n) is 6.40. The molecule has 124 valence electrons. The van der Waals surface area contributed by atoms with Crippen molar-refractivity contribution in [3.63, 3.8) is 0 Å². The van der Waals surface area contributed by atoms with Crippen LogP contribution in [0.25, 0.3) is 0 Å². The molecule has 0 radical (unpaired) electrons. The Labute approximate surface area is 140 Å². The van der Waals surface area contributed by atoms with Gasteiger partial charge in [0.1, 0.15) is 5.75 Å². The zero-order valence-corrected chi connectivity index (χ0v) is 14.6. The first kappa shape index (κ1) is 17.2. The van der Waals surface area contributed by atoms with Crippen LogP contribution in [-0.4, -0.2) is 19.7 Å². The van der Waals surface area contributed by atoms with E-state index in [9.17, 15) is 0 Å². The van der Waals surface area contributed by atoms with Gasteiger partial charge in [-0.3, -0.25) is 0 Å². The van der Waals surface area contributed by atoms with Crippen molar-refractivity contribution in [3.8, 4) is 5.75 Å². The van der Waals surface area contributed by atoms with Crippen LogP contribution < -0.4 is 15.4 Å². The highest BCUT2D eigenvalue weighted by molar-refractivity contribution is 5.53. The topological polar surface area (TPSA) is 33.3 Å². The number of aryl methyl sites for hydroxylation is 2. The molecule has 2 aromatic carbocycles. The molecule has 3 heteroatoms. The normalized spacial score (nSPS) is 10.7. The first-order valence-electron chi connectivity index (χ1n) is 8.32. The number of anilines is 2. The molecule has 0 atom stereocenters. The summed E-state index contributed by atoms with van der Waals surface area (Å²) in [6.07, 6.45) is 0. The number of rotatable bonds is 8. The Hall–Kier alpha value is -2.16. The highest BCUT2D eigenvalue weighted by atomic mass is 16.5. The third-order valence-electron chi connectivity index (χ3n) is 3.58. The van der Waals surface area contributed by atoms with Crippen LogP contribution >= 0.6 is 0 Å². The molecule has 23 heavy (non-hydrogen) atoms. The van der Waals surface area contributed by atoms with Crippen LogP contribution in [0.5, 0.6) is 5.75 Å². The minimum absolute atomic E-state index is 0.536. The summed E-state index contributed by atoms with van der Waals surface area (Å²) in [6.45, 7) is 11.0. The van der Waals surface area contributed by atoms with Crippen LogP contribution in [-0.2, 0) is 0 Å². The van der Waals surface area contributed by atoms with Crippen molar-refractivity contribution in [2.45, 2.75) is 27.7 Å². The molecule has 3 nitrogen and oxygen atoms in total. The molecule has 0 aliphatic heterocycles. The lowest BCUT2D eigenvalue weighted by molar-refractivity contribution is 0.271. The summed E-state index contributed by atoms with van der Waals surface area (Å²) >= 11 is 0. The Morgan fingerprint density at radius 2 is 1.74 bits per heavy atom. The number of ether oxygens (including phenoxy) is 1. The Kier molecular flexibility index (Phi) is 6.33. The Bertz CT molecular complexity index is 623. The van der Waals surface area contributed by atoms with Crippen LogP contribution in [0.2, 0.25) is 0 Å². The van der Waals surface area contributed by atoms with Gasteiger partial charge >= 0.3 is 0 Å². The predicted molar refractivity (Wildman–Crippen MR) is 99.7 cm³/mol. The van der Waals surface area contributed by atoms with E-state index in [0.717, 1.165) is 31.1 Å². The molecule has 2 rings (SSSR count). The molecular formula is C20H28N2O. The Morgan fingerprint density at radius 1 is 0.957 bits per heavy atom. The van der Waals surface area contributed by atoms with E-state index in [1.54, 1.807) is 0 Å². The summed E-state index contributed by atoms with van der Waals surface area (Å²) in [5.41, 5.74) is 4.86. The van der Waals surface area contributed by atoms with E-state index in [-0.39, 0.29) is 0 Å². The number of benzene rings is 2. The third kappa shape index (κ3) is 5.85. The highest BCUT2D eigenvalue weighted by Crippen LogP contribution is 2.18. The lowest BCUT2D eigenvalue weighted by atomic mass is 10.1. The smallest absolute Gasteiger partial charge is 0.121 e. The molecule has 0 saturated heterocycles. The molecule has 0 aliphatic rings. The van der Waals surface area contributed by atoms with Gasteiger partial charge < -0.3 is 15.4 Å². The van der Waals surface area contributed by atoms with E-state index in [1.165, 1.54) is 16.8 Å². The summed E-state index contributed by atoms with van der Waals surface area (Å²) < 4.78 is 5.76. The van der Waals surface area contributed by atoms with Gasteiger partial charge in [-0.05, 0) is 49.1 Å². The summed E-state index contributed by atoms with van der Waals surface area (Å²) in [5, 5.41) is 6.92. The molecule has 0 heterocycles. The standard InChI is InChI=1S/C20H28N2O/c1-15(2)14-23-19-7-5-6-18(13-19)21-10-11-22-20-12-16(3)8-9-17(20)4/h5-9,12-13,15,21-22H,10-11,14H2,1-4H3. The van der Waals surface area contributed by atoms with E-state index < -0.39 is 0 Å². The van der Waals surface area contributed by atoms with Gasteiger partial charge in [0.15, 0.2) is 0 Å².